The van der Waals surface area contributed by atoms with E-state index in [1.165, 1.54) is 6.42 Å². The van der Waals surface area contributed by atoms with Gasteiger partial charge in [0.2, 0.25) is 5.91 Å². The lowest BCUT2D eigenvalue weighted by atomic mass is 10.1. The van der Waals surface area contributed by atoms with Crippen molar-refractivity contribution >= 4 is 35.0 Å². The first-order valence-corrected chi connectivity index (χ1v) is 7.39. The molecule has 1 aliphatic rings. The third-order valence-electron chi connectivity index (χ3n) is 2.89. The van der Waals surface area contributed by atoms with Gasteiger partial charge in [0.1, 0.15) is 5.75 Å². The number of halogens is 1. The highest BCUT2D eigenvalue weighted by atomic mass is 35.5. The molecule has 1 aromatic carbocycles. The molecule has 1 aromatic rings. The Morgan fingerprint density at radius 1 is 1.50 bits per heavy atom. The van der Waals surface area contributed by atoms with Gasteiger partial charge in [0, 0.05) is 5.02 Å². The SMILES string of the molecule is COc1ccc(Cl)cc1NC(=O)C1CCCCS1. The van der Waals surface area contributed by atoms with Crippen LogP contribution in [-0.4, -0.2) is 24.0 Å². The number of rotatable bonds is 3. The molecule has 0 radical (unpaired) electrons. The quantitative estimate of drug-likeness (QED) is 0.923. The molecule has 1 saturated heterocycles. The largest absolute Gasteiger partial charge is 0.495 e. The summed E-state index contributed by atoms with van der Waals surface area (Å²) in [4.78, 5) is 12.1. The number of nitrogens with one attached hydrogen (secondary N) is 1. The lowest BCUT2D eigenvalue weighted by Crippen LogP contribution is -2.27. The van der Waals surface area contributed by atoms with Crippen molar-refractivity contribution in [1.29, 1.82) is 0 Å². The highest BCUT2D eigenvalue weighted by Crippen LogP contribution is 2.30. The van der Waals surface area contributed by atoms with E-state index in [9.17, 15) is 4.79 Å². The molecule has 1 atom stereocenters. The summed E-state index contributed by atoms with van der Waals surface area (Å²) in [5.74, 6) is 1.74. The third-order valence-corrected chi connectivity index (χ3v) is 4.50. The smallest absolute Gasteiger partial charge is 0.237 e. The second kappa shape index (κ2) is 6.34. The molecule has 0 aromatic heterocycles. The molecular weight excluding hydrogens is 270 g/mol. The van der Waals surface area contributed by atoms with Gasteiger partial charge in [0.25, 0.3) is 0 Å². The zero-order chi connectivity index (χ0) is 13.0. The van der Waals surface area contributed by atoms with Gasteiger partial charge in [-0.2, -0.15) is 0 Å². The second-order valence-electron chi connectivity index (χ2n) is 4.19. The third kappa shape index (κ3) is 3.33. The predicted octanol–water partition coefficient (Wildman–Crippen LogP) is 3.57. The number of carbonyl (C=O) groups is 1. The Labute approximate surface area is 116 Å². The van der Waals surface area contributed by atoms with Crippen LogP contribution in [0.4, 0.5) is 5.69 Å². The second-order valence-corrected chi connectivity index (χ2v) is 5.94. The van der Waals surface area contributed by atoms with Crippen molar-refractivity contribution < 1.29 is 9.53 Å². The topological polar surface area (TPSA) is 38.3 Å². The van der Waals surface area contributed by atoms with Crippen molar-refractivity contribution in [3.8, 4) is 5.75 Å². The Morgan fingerprint density at radius 3 is 3.00 bits per heavy atom. The van der Waals surface area contributed by atoms with Crippen LogP contribution in [0.3, 0.4) is 0 Å². The molecule has 1 heterocycles. The van der Waals surface area contributed by atoms with Crippen LogP contribution in [-0.2, 0) is 4.79 Å². The summed E-state index contributed by atoms with van der Waals surface area (Å²) in [6.07, 6.45) is 3.27. The van der Waals surface area contributed by atoms with Gasteiger partial charge in [-0.05, 0) is 36.8 Å². The van der Waals surface area contributed by atoms with Crippen LogP contribution in [0.15, 0.2) is 18.2 Å². The number of ether oxygens (including phenoxy) is 1. The molecule has 0 bridgehead atoms. The molecule has 98 valence electrons. The minimum absolute atomic E-state index is 0.0419. The molecule has 1 aliphatic heterocycles. The number of anilines is 1. The fourth-order valence-electron chi connectivity index (χ4n) is 1.94. The first-order valence-electron chi connectivity index (χ1n) is 5.96. The summed E-state index contributed by atoms with van der Waals surface area (Å²) >= 11 is 7.65. The molecule has 1 amide bonds. The predicted molar refractivity (Wildman–Crippen MR) is 76.7 cm³/mol. The van der Waals surface area contributed by atoms with E-state index in [0.29, 0.717) is 16.5 Å². The van der Waals surface area contributed by atoms with Crippen LogP contribution in [0.5, 0.6) is 5.75 Å². The summed E-state index contributed by atoms with van der Waals surface area (Å²) < 4.78 is 5.21. The van der Waals surface area contributed by atoms with Crippen molar-refractivity contribution in [3.05, 3.63) is 23.2 Å². The van der Waals surface area contributed by atoms with E-state index < -0.39 is 0 Å². The Kier molecular flexibility index (Phi) is 4.78. The Bertz CT molecular complexity index is 433. The van der Waals surface area contributed by atoms with Crippen LogP contribution >= 0.6 is 23.4 Å². The van der Waals surface area contributed by atoms with E-state index in [2.05, 4.69) is 5.32 Å². The highest BCUT2D eigenvalue weighted by molar-refractivity contribution is 8.00. The Balaban J connectivity index is 2.07. The van der Waals surface area contributed by atoms with Crippen LogP contribution in [0, 0.1) is 0 Å². The van der Waals surface area contributed by atoms with Crippen molar-refractivity contribution in [2.45, 2.75) is 24.5 Å². The van der Waals surface area contributed by atoms with E-state index >= 15 is 0 Å². The van der Waals surface area contributed by atoms with Gasteiger partial charge in [-0.1, -0.05) is 18.0 Å². The summed E-state index contributed by atoms with van der Waals surface area (Å²) in [6, 6.07) is 5.21. The van der Waals surface area contributed by atoms with Gasteiger partial charge in [-0.3, -0.25) is 4.79 Å². The van der Waals surface area contributed by atoms with Gasteiger partial charge < -0.3 is 10.1 Å². The van der Waals surface area contributed by atoms with E-state index in [1.54, 1.807) is 37.1 Å². The zero-order valence-corrected chi connectivity index (χ0v) is 11.8. The highest BCUT2D eigenvalue weighted by Gasteiger charge is 2.22. The summed E-state index contributed by atoms with van der Waals surface area (Å²) in [7, 11) is 1.58. The fourth-order valence-corrected chi connectivity index (χ4v) is 3.31. The van der Waals surface area contributed by atoms with Crippen molar-refractivity contribution in [3.63, 3.8) is 0 Å². The van der Waals surface area contributed by atoms with Crippen molar-refractivity contribution in [1.82, 2.24) is 0 Å². The maximum absolute atomic E-state index is 12.1. The van der Waals surface area contributed by atoms with Crippen LogP contribution in [0.25, 0.3) is 0 Å². The number of thioether (sulfide) groups is 1. The van der Waals surface area contributed by atoms with E-state index in [0.717, 1.165) is 18.6 Å². The van der Waals surface area contributed by atoms with E-state index in [-0.39, 0.29) is 11.2 Å². The van der Waals surface area contributed by atoms with E-state index in [1.807, 2.05) is 0 Å². The minimum Gasteiger partial charge on any atom is -0.495 e. The van der Waals surface area contributed by atoms with Crippen molar-refractivity contribution in [2.24, 2.45) is 0 Å². The first kappa shape index (κ1) is 13.6. The maximum atomic E-state index is 12.1. The molecule has 0 spiro atoms. The van der Waals surface area contributed by atoms with Gasteiger partial charge in [0.15, 0.2) is 0 Å². The molecule has 2 rings (SSSR count). The number of hydrogen-bond acceptors (Lipinski definition) is 3. The number of methoxy groups -OCH3 is 1. The lowest BCUT2D eigenvalue weighted by Gasteiger charge is -2.21. The van der Waals surface area contributed by atoms with Crippen LogP contribution < -0.4 is 10.1 Å². The molecule has 1 unspecified atom stereocenters. The molecule has 5 heteroatoms. The summed E-state index contributed by atoms with van der Waals surface area (Å²) in [5.41, 5.74) is 0.640. The minimum atomic E-state index is 0.0419. The summed E-state index contributed by atoms with van der Waals surface area (Å²) in [5, 5.41) is 3.53. The van der Waals surface area contributed by atoms with Crippen LogP contribution in [0.1, 0.15) is 19.3 Å². The molecule has 0 aliphatic carbocycles. The standard InChI is InChI=1S/C13H16ClNO2S/c1-17-11-6-5-9(14)8-10(11)15-13(16)12-4-2-3-7-18-12/h5-6,8,12H,2-4,7H2,1H3,(H,15,16). The number of hydrogen-bond donors (Lipinski definition) is 1. The molecule has 3 nitrogen and oxygen atoms in total. The number of amides is 1. The molecule has 1 N–H and O–H groups in total. The van der Waals surface area contributed by atoms with Gasteiger partial charge in [-0.15, -0.1) is 11.8 Å². The Morgan fingerprint density at radius 2 is 2.33 bits per heavy atom. The number of benzene rings is 1. The molecule has 1 fully saturated rings. The lowest BCUT2D eigenvalue weighted by molar-refractivity contribution is -0.115. The average molecular weight is 286 g/mol. The fraction of sp³-hybridized carbons (Fsp3) is 0.462. The normalized spacial score (nSPS) is 19.3. The van der Waals surface area contributed by atoms with E-state index in [4.69, 9.17) is 16.3 Å². The Hall–Kier alpha value is -0.870. The molecular formula is C13H16ClNO2S. The van der Waals surface area contributed by atoms with Gasteiger partial charge in [-0.25, -0.2) is 0 Å². The monoisotopic (exact) mass is 285 g/mol. The average Bonchev–Trinajstić information content (AvgIpc) is 2.40. The zero-order valence-electron chi connectivity index (χ0n) is 10.2. The van der Waals surface area contributed by atoms with Crippen molar-refractivity contribution in [2.75, 3.05) is 18.2 Å². The summed E-state index contributed by atoms with van der Waals surface area (Å²) in [6.45, 7) is 0. The maximum Gasteiger partial charge on any atom is 0.237 e. The van der Waals surface area contributed by atoms with Gasteiger partial charge in [0.05, 0.1) is 18.0 Å². The van der Waals surface area contributed by atoms with Gasteiger partial charge >= 0.3 is 0 Å². The first-order chi connectivity index (χ1) is 8.70. The number of carbonyl (C=O) groups excluding carboxylic acids is 1. The molecule has 18 heavy (non-hydrogen) atoms. The molecule has 0 saturated carbocycles. The van der Waals surface area contributed by atoms with Crippen LogP contribution in [0.2, 0.25) is 5.02 Å².